The number of halogens is 1. The molecule has 1 aliphatic carbocycles. The standard InChI is InChI=1S/C15H14ClN3O3S/c1-8-2-5-11-13(6-8)23-15(17-11)18-14(20)9-3-4-10(16)12(7-9)19(21)22/h3-4,7-8H,2,5-6H2,1H3,(H,17,18,20). The fourth-order valence-corrected chi connectivity index (χ4v) is 3.91. The topological polar surface area (TPSA) is 85.1 Å². The highest BCUT2D eigenvalue weighted by Gasteiger charge is 2.21. The summed E-state index contributed by atoms with van der Waals surface area (Å²) in [7, 11) is 0. The summed E-state index contributed by atoms with van der Waals surface area (Å²) < 4.78 is 0. The molecular formula is C15H14ClN3O3S. The molecule has 120 valence electrons. The molecule has 3 rings (SSSR count). The first kappa shape index (κ1) is 15.9. The van der Waals surface area contributed by atoms with Gasteiger partial charge >= 0.3 is 0 Å². The maximum atomic E-state index is 12.3. The predicted molar refractivity (Wildman–Crippen MR) is 89.4 cm³/mol. The molecule has 1 aromatic heterocycles. The SMILES string of the molecule is CC1CCc2nc(NC(=O)c3ccc(Cl)c([N+](=O)[O-])c3)sc2C1. The number of thiazole rings is 1. The lowest BCUT2D eigenvalue weighted by Crippen LogP contribution is -2.12. The molecule has 1 amide bonds. The number of nitro benzene ring substituents is 1. The lowest BCUT2D eigenvalue weighted by Gasteiger charge is -2.15. The Balaban J connectivity index is 1.80. The molecule has 6 nitrogen and oxygen atoms in total. The van der Waals surface area contributed by atoms with Crippen molar-refractivity contribution in [1.29, 1.82) is 0 Å². The number of aryl methyl sites for hydroxylation is 1. The first-order chi connectivity index (χ1) is 10.9. The number of rotatable bonds is 3. The largest absolute Gasteiger partial charge is 0.298 e. The third-order valence-electron chi connectivity index (χ3n) is 3.81. The minimum absolute atomic E-state index is 0.00486. The van der Waals surface area contributed by atoms with Gasteiger partial charge in [0.1, 0.15) is 5.02 Å². The van der Waals surface area contributed by atoms with E-state index < -0.39 is 10.8 Å². The molecule has 2 aromatic rings. The first-order valence-corrected chi connectivity index (χ1v) is 8.37. The van der Waals surface area contributed by atoms with Gasteiger partial charge in [-0.05, 0) is 37.3 Å². The van der Waals surface area contributed by atoms with Crippen LogP contribution in [0.2, 0.25) is 5.02 Å². The number of nitrogens with one attached hydrogen (secondary N) is 1. The Kier molecular flexibility index (Phi) is 4.32. The van der Waals surface area contributed by atoms with Crippen LogP contribution in [-0.2, 0) is 12.8 Å². The number of nitrogens with zero attached hydrogens (tertiary/aromatic N) is 2. The van der Waals surface area contributed by atoms with Crippen LogP contribution in [0.5, 0.6) is 0 Å². The van der Waals surface area contributed by atoms with Crippen LogP contribution in [0.15, 0.2) is 18.2 Å². The van der Waals surface area contributed by atoms with Crippen molar-refractivity contribution in [2.45, 2.75) is 26.2 Å². The van der Waals surface area contributed by atoms with Gasteiger partial charge in [-0.25, -0.2) is 4.98 Å². The average molecular weight is 352 g/mol. The molecule has 0 fully saturated rings. The molecule has 1 aliphatic rings. The highest BCUT2D eigenvalue weighted by Crippen LogP contribution is 2.32. The van der Waals surface area contributed by atoms with E-state index in [4.69, 9.17) is 11.6 Å². The highest BCUT2D eigenvalue weighted by molar-refractivity contribution is 7.15. The van der Waals surface area contributed by atoms with Crippen LogP contribution in [0, 0.1) is 16.0 Å². The van der Waals surface area contributed by atoms with Gasteiger partial charge in [0.2, 0.25) is 0 Å². The molecule has 0 saturated carbocycles. The van der Waals surface area contributed by atoms with Gasteiger partial charge in [0, 0.05) is 16.5 Å². The third-order valence-corrected chi connectivity index (χ3v) is 5.17. The summed E-state index contributed by atoms with van der Waals surface area (Å²) in [5.41, 5.74) is 0.944. The number of nitro groups is 1. The van der Waals surface area contributed by atoms with Crippen molar-refractivity contribution in [3.05, 3.63) is 49.5 Å². The number of carbonyl (C=O) groups excluding carboxylic acids is 1. The molecule has 1 atom stereocenters. The minimum Gasteiger partial charge on any atom is -0.298 e. The van der Waals surface area contributed by atoms with Gasteiger partial charge in [0.15, 0.2) is 5.13 Å². The molecule has 8 heteroatoms. The zero-order valence-electron chi connectivity index (χ0n) is 12.3. The minimum atomic E-state index is -0.609. The third kappa shape index (κ3) is 3.35. The summed E-state index contributed by atoms with van der Waals surface area (Å²) >= 11 is 7.23. The van der Waals surface area contributed by atoms with Crippen molar-refractivity contribution in [3.63, 3.8) is 0 Å². The number of hydrogen-bond donors (Lipinski definition) is 1. The Labute approximate surface area is 141 Å². The second kappa shape index (κ2) is 6.25. The molecule has 1 unspecified atom stereocenters. The van der Waals surface area contributed by atoms with E-state index in [9.17, 15) is 14.9 Å². The molecule has 0 bridgehead atoms. The molecule has 0 spiro atoms. The van der Waals surface area contributed by atoms with Crippen molar-refractivity contribution in [1.82, 2.24) is 4.98 Å². The van der Waals surface area contributed by atoms with Gasteiger partial charge in [-0.15, -0.1) is 11.3 Å². The number of amides is 1. The zero-order valence-corrected chi connectivity index (χ0v) is 13.9. The Morgan fingerprint density at radius 2 is 2.30 bits per heavy atom. The Morgan fingerprint density at radius 1 is 1.52 bits per heavy atom. The highest BCUT2D eigenvalue weighted by atomic mass is 35.5. The molecule has 1 aromatic carbocycles. The number of anilines is 1. The van der Waals surface area contributed by atoms with Gasteiger partial charge in [0.05, 0.1) is 10.6 Å². The van der Waals surface area contributed by atoms with E-state index in [1.807, 2.05) is 0 Å². The van der Waals surface area contributed by atoms with E-state index in [0.29, 0.717) is 11.0 Å². The van der Waals surface area contributed by atoms with E-state index in [0.717, 1.165) is 25.0 Å². The fourth-order valence-electron chi connectivity index (χ4n) is 2.56. The van der Waals surface area contributed by atoms with Crippen molar-refractivity contribution < 1.29 is 9.72 Å². The van der Waals surface area contributed by atoms with Crippen LogP contribution >= 0.6 is 22.9 Å². The number of aromatic nitrogens is 1. The number of carbonyl (C=O) groups is 1. The Hall–Kier alpha value is -1.99. The summed E-state index contributed by atoms with van der Waals surface area (Å²) in [6.45, 7) is 2.20. The average Bonchev–Trinajstić information content (AvgIpc) is 2.88. The summed E-state index contributed by atoms with van der Waals surface area (Å²) in [5, 5.41) is 14.2. The van der Waals surface area contributed by atoms with Gasteiger partial charge in [0.25, 0.3) is 11.6 Å². The molecular weight excluding hydrogens is 338 g/mol. The van der Waals surface area contributed by atoms with Crippen LogP contribution in [-0.4, -0.2) is 15.8 Å². The van der Waals surface area contributed by atoms with Gasteiger partial charge < -0.3 is 0 Å². The van der Waals surface area contributed by atoms with Crippen LogP contribution in [0.3, 0.4) is 0 Å². The fraction of sp³-hybridized carbons (Fsp3) is 0.333. The Bertz CT molecular complexity index is 790. The lowest BCUT2D eigenvalue weighted by molar-refractivity contribution is -0.384. The van der Waals surface area contributed by atoms with E-state index >= 15 is 0 Å². The summed E-state index contributed by atoms with van der Waals surface area (Å²) in [4.78, 5) is 28.2. The summed E-state index contributed by atoms with van der Waals surface area (Å²) in [6.07, 6.45) is 3.01. The van der Waals surface area contributed by atoms with E-state index in [-0.39, 0.29) is 16.3 Å². The van der Waals surface area contributed by atoms with Crippen molar-refractivity contribution in [3.8, 4) is 0 Å². The summed E-state index contributed by atoms with van der Waals surface area (Å²) in [5.74, 6) is 0.203. The van der Waals surface area contributed by atoms with Crippen molar-refractivity contribution in [2.75, 3.05) is 5.32 Å². The monoisotopic (exact) mass is 351 g/mol. The molecule has 0 radical (unpaired) electrons. The van der Waals surface area contributed by atoms with Gasteiger partial charge in [-0.1, -0.05) is 18.5 Å². The van der Waals surface area contributed by atoms with E-state index in [1.165, 1.54) is 34.4 Å². The van der Waals surface area contributed by atoms with E-state index in [2.05, 4.69) is 17.2 Å². The van der Waals surface area contributed by atoms with Crippen molar-refractivity contribution in [2.24, 2.45) is 5.92 Å². The molecule has 1 N–H and O–H groups in total. The van der Waals surface area contributed by atoms with Crippen LogP contribution < -0.4 is 5.32 Å². The maximum Gasteiger partial charge on any atom is 0.288 e. The smallest absolute Gasteiger partial charge is 0.288 e. The predicted octanol–water partition coefficient (Wildman–Crippen LogP) is 4.08. The van der Waals surface area contributed by atoms with Gasteiger partial charge in [-0.2, -0.15) is 0 Å². The zero-order chi connectivity index (χ0) is 16.6. The molecule has 0 saturated heterocycles. The van der Waals surface area contributed by atoms with Crippen LogP contribution in [0.1, 0.15) is 34.3 Å². The van der Waals surface area contributed by atoms with Crippen molar-refractivity contribution >= 4 is 39.7 Å². The maximum absolute atomic E-state index is 12.3. The normalized spacial score (nSPS) is 16.7. The Morgan fingerprint density at radius 3 is 3.04 bits per heavy atom. The number of fused-ring (bicyclic) bond motifs is 1. The van der Waals surface area contributed by atoms with Gasteiger partial charge in [-0.3, -0.25) is 20.2 Å². The van der Waals surface area contributed by atoms with Crippen LogP contribution in [0.4, 0.5) is 10.8 Å². The molecule has 23 heavy (non-hydrogen) atoms. The molecule has 1 heterocycles. The summed E-state index contributed by atoms with van der Waals surface area (Å²) in [6, 6.07) is 3.98. The molecule has 0 aliphatic heterocycles. The quantitative estimate of drug-likeness (QED) is 0.666. The van der Waals surface area contributed by atoms with Crippen LogP contribution in [0.25, 0.3) is 0 Å². The number of hydrogen-bond acceptors (Lipinski definition) is 5. The van der Waals surface area contributed by atoms with E-state index in [1.54, 1.807) is 0 Å². The second-order valence-corrected chi connectivity index (χ2v) is 7.11. The first-order valence-electron chi connectivity index (χ1n) is 7.18. The lowest BCUT2D eigenvalue weighted by atomic mass is 9.93. The number of benzene rings is 1. The second-order valence-electron chi connectivity index (χ2n) is 5.61.